The van der Waals surface area contributed by atoms with Gasteiger partial charge in [0.15, 0.2) is 0 Å². The summed E-state index contributed by atoms with van der Waals surface area (Å²) in [5.41, 5.74) is 0.786. The summed E-state index contributed by atoms with van der Waals surface area (Å²) in [6, 6.07) is 4.61. The first-order valence-corrected chi connectivity index (χ1v) is 5.70. The van der Waals surface area contributed by atoms with Crippen LogP contribution in [0.2, 0.25) is 10.2 Å². The summed E-state index contributed by atoms with van der Waals surface area (Å²) in [4.78, 5) is 15.3. The van der Waals surface area contributed by atoms with Crippen molar-refractivity contribution in [3.63, 3.8) is 0 Å². The molecular formula is C11H6Cl3NO2. The molecule has 0 saturated carbocycles. The number of carbonyl (C=O) groups excluding carboxylic acids is 1. The van der Waals surface area contributed by atoms with Gasteiger partial charge in [0.05, 0.1) is 23.2 Å². The molecule has 0 fully saturated rings. The standard InChI is InChI=1S/C11H6Cl3NO2/c1-17-9-4-8-5(2-6(9)11(14)16)7(12)3-10(13)15-8/h2-4H,1H3. The van der Waals surface area contributed by atoms with Crippen molar-refractivity contribution >= 4 is 50.9 Å². The summed E-state index contributed by atoms with van der Waals surface area (Å²) < 4.78 is 5.06. The second kappa shape index (κ2) is 4.69. The van der Waals surface area contributed by atoms with Crippen LogP contribution in [0.4, 0.5) is 0 Å². The van der Waals surface area contributed by atoms with Crippen LogP contribution < -0.4 is 4.74 Å². The third kappa shape index (κ3) is 2.32. The number of rotatable bonds is 2. The Morgan fingerprint density at radius 2 is 2.00 bits per heavy atom. The number of halogens is 3. The van der Waals surface area contributed by atoms with E-state index in [2.05, 4.69) is 4.98 Å². The molecule has 0 aliphatic rings. The molecule has 0 spiro atoms. The quantitative estimate of drug-likeness (QED) is 0.621. The van der Waals surface area contributed by atoms with Crippen LogP contribution in [0.15, 0.2) is 18.2 Å². The van der Waals surface area contributed by atoms with Crippen LogP contribution in [0.3, 0.4) is 0 Å². The SMILES string of the molecule is COc1cc2nc(Cl)cc(Cl)c2cc1C(=O)Cl. The summed E-state index contributed by atoms with van der Waals surface area (Å²) >= 11 is 17.3. The van der Waals surface area contributed by atoms with Crippen LogP contribution in [0, 0.1) is 0 Å². The van der Waals surface area contributed by atoms with Crippen molar-refractivity contribution in [1.29, 1.82) is 0 Å². The fraction of sp³-hybridized carbons (Fsp3) is 0.0909. The molecule has 1 heterocycles. The molecule has 17 heavy (non-hydrogen) atoms. The summed E-state index contributed by atoms with van der Waals surface area (Å²) in [5, 5.41) is 0.659. The average Bonchev–Trinajstić information content (AvgIpc) is 2.26. The Bertz CT molecular complexity index is 613. The summed E-state index contributed by atoms with van der Waals surface area (Å²) in [7, 11) is 1.44. The minimum atomic E-state index is -0.616. The second-order valence-corrected chi connectivity index (χ2v) is 4.41. The molecule has 0 radical (unpaired) electrons. The van der Waals surface area contributed by atoms with Crippen molar-refractivity contribution < 1.29 is 9.53 Å². The minimum Gasteiger partial charge on any atom is -0.496 e. The third-order valence-electron chi connectivity index (χ3n) is 2.26. The Morgan fingerprint density at radius 3 is 2.59 bits per heavy atom. The predicted octanol–water partition coefficient (Wildman–Crippen LogP) is 3.93. The smallest absolute Gasteiger partial charge is 0.256 e. The molecule has 88 valence electrons. The van der Waals surface area contributed by atoms with Gasteiger partial charge in [0.1, 0.15) is 10.9 Å². The number of hydrogen-bond donors (Lipinski definition) is 0. The van der Waals surface area contributed by atoms with Gasteiger partial charge in [-0.3, -0.25) is 4.79 Å². The van der Waals surface area contributed by atoms with Crippen LogP contribution >= 0.6 is 34.8 Å². The van der Waals surface area contributed by atoms with E-state index in [1.54, 1.807) is 6.07 Å². The molecule has 0 aliphatic carbocycles. The van der Waals surface area contributed by atoms with E-state index in [4.69, 9.17) is 39.5 Å². The van der Waals surface area contributed by atoms with E-state index in [-0.39, 0.29) is 10.7 Å². The molecule has 0 amide bonds. The highest BCUT2D eigenvalue weighted by Gasteiger charge is 2.14. The van der Waals surface area contributed by atoms with Crippen molar-refractivity contribution in [3.05, 3.63) is 33.9 Å². The highest BCUT2D eigenvalue weighted by molar-refractivity contribution is 6.68. The summed E-state index contributed by atoms with van der Waals surface area (Å²) in [5.74, 6) is 0.336. The lowest BCUT2D eigenvalue weighted by molar-refractivity contribution is 0.107. The van der Waals surface area contributed by atoms with Crippen molar-refractivity contribution in [2.45, 2.75) is 0 Å². The van der Waals surface area contributed by atoms with Gasteiger partial charge in [0.25, 0.3) is 5.24 Å². The number of hydrogen-bond acceptors (Lipinski definition) is 3. The number of nitrogens with zero attached hydrogens (tertiary/aromatic N) is 1. The molecule has 0 saturated heterocycles. The first-order valence-electron chi connectivity index (χ1n) is 4.56. The van der Waals surface area contributed by atoms with Crippen LogP contribution in [0.1, 0.15) is 10.4 Å². The average molecular weight is 291 g/mol. The fourth-order valence-electron chi connectivity index (χ4n) is 1.51. The monoisotopic (exact) mass is 289 g/mol. The molecule has 1 aromatic heterocycles. The van der Waals surface area contributed by atoms with Gasteiger partial charge in [-0.05, 0) is 23.7 Å². The summed E-state index contributed by atoms with van der Waals surface area (Å²) in [6.07, 6.45) is 0. The Balaban J connectivity index is 2.83. The first kappa shape index (κ1) is 12.4. The van der Waals surface area contributed by atoms with Gasteiger partial charge in [-0.1, -0.05) is 23.2 Å². The number of methoxy groups -OCH3 is 1. The molecular weight excluding hydrogens is 284 g/mol. The Hall–Kier alpha value is -1.03. The highest BCUT2D eigenvalue weighted by Crippen LogP contribution is 2.31. The van der Waals surface area contributed by atoms with E-state index in [9.17, 15) is 4.79 Å². The molecule has 1 aromatic carbocycles. The first-order chi connectivity index (χ1) is 8.02. The largest absolute Gasteiger partial charge is 0.496 e. The van der Waals surface area contributed by atoms with Gasteiger partial charge in [-0.2, -0.15) is 0 Å². The fourth-order valence-corrected chi connectivity index (χ4v) is 2.16. The summed E-state index contributed by atoms with van der Waals surface area (Å²) in [6.45, 7) is 0. The second-order valence-electron chi connectivity index (χ2n) is 3.27. The molecule has 0 aliphatic heterocycles. The van der Waals surface area contributed by atoms with Crippen LogP contribution in [-0.2, 0) is 0 Å². The highest BCUT2D eigenvalue weighted by atomic mass is 35.5. The number of ether oxygens (including phenoxy) is 1. The lowest BCUT2D eigenvalue weighted by Crippen LogP contribution is -1.96. The zero-order valence-corrected chi connectivity index (χ0v) is 10.9. The van der Waals surface area contributed by atoms with E-state index in [0.29, 0.717) is 21.7 Å². The Morgan fingerprint density at radius 1 is 1.29 bits per heavy atom. The van der Waals surface area contributed by atoms with Gasteiger partial charge >= 0.3 is 0 Å². The van der Waals surface area contributed by atoms with Crippen LogP contribution in [-0.4, -0.2) is 17.3 Å². The molecule has 0 atom stereocenters. The molecule has 0 unspecified atom stereocenters. The maximum atomic E-state index is 11.2. The van der Waals surface area contributed by atoms with E-state index >= 15 is 0 Å². The molecule has 0 N–H and O–H groups in total. The maximum absolute atomic E-state index is 11.2. The number of benzene rings is 1. The molecule has 6 heteroatoms. The van der Waals surface area contributed by atoms with E-state index in [0.717, 1.165) is 0 Å². The van der Waals surface area contributed by atoms with Crippen molar-refractivity contribution in [2.24, 2.45) is 0 Å². The van der Waals surface area contributed by atoms with E-state index in [1.165, 1.54) is 19.2 Å². The zero-order chi connectivity index (χ0) is 12.6. The van der Waals surface area contributed by atoms with Gasteiger partial charge in [-0.25, -0.2) is 4.98 Å². The molecule has 0 bridgehead atoms. The lowest BCUT2D eigenvalue weighted by Gasteiger charge is -2.08. The predicted molar refractivity (Wildman–Crippen MR) is 68.5 cm³/mol. The third-order valence-corrected chi connectivity index (χ3v) is 2.97. The minimum absolute atomic E-state index is 0.243. The molecule has 2 aromatic rings. The molecule has 3 nitrogen and oxygen atoms in total. The zero-order valence-electron chi connectivity index (χ0n) is 8.63. The Labute approximate surface area is 112 Å². The van der Waals surface area contributed by atoms with Crippen molar-refractivity contribution in [2.75, 3.05) is 7.11 Å². The molecule has 2 rings (SSSR count). The van der Waals surface area contributed by atoms with E-state index in [1.807, 2.05) is 0 Å². The topological polar surface area (TPSA) is 39.2 Å². The number of fused-ring (bicyclic) bond motifs is 1. The Kier molecular flexibility index (Phi) is 3.43. The van der Waals surface area contributed by atoms with Gasteiger partial charge in [0, 0.05) is 11.5 Å². The number of carbonyl (C=O) groups is 1. The lowest BCUT2D eigenvalue weighted by atomic mass is 10.1. The van der Waals surface area contributed by atoms with Gasteiger partial charge in [0.2, 0.25) is 0 Å². The maximum Gasteiger partial charge on any atom is 0.256 e. The van der Waals surface area contributed by atoms with Crippen molar-refractivity contribution in [3.8, 4) is 5.75 Å². The number of aromatic nitrogens is 1. The van der Waals surface area contributed by atoms with E-state index < -0.39 is 5.24 Å². The normalized spacial score (nSPS) is 10.6. The van der Waals surface area contributed by atoms with Crippen LogP contribution in [0.25, 0.3) is 10.9 Å². The number of pyridine rings is 1. The van der Waals surface area contributed by atoms with Crippen molar-refractivity contribution in [1.82, 2.24) is 4.98 Å². The van der Waals surface area contributed by atoms with Gasteiger partial charge in [-0.15, -0.1) is 0 Å². The van der Waals surface area contributed by atoms with Gasteiger partial charge < -0.3 is 4.74 Å². The van der Waals surface area contributed by atoms with Crippen LogP contribution in [0.5, 0.6) is 5.75 Å².